The minimum atomic E-state index is -1.11. The predicted molar refractivity (Wildman–Crippen MR) is 125 cm³/mol. The van der Waals surface area contributed by atoms with Crippen LogP contribution in [0, 0.1) is 11.3 Å². The zero-order valence-corrected chi connectivity index (χ0v) is 19.6. The fraction of sp³-hybridized carbons (Fsp3) is 0.435. The highest BCUT2D eigenvalue weighted by molar-refractivity contribution is 6.35. The summed E-state index contributed by atoms with van der Waals surface area (Å²) in [6.07, 6.45) is 3.28. The molecule has 1 heterocycles. The number of halogens is 1. The molecule has 0 fully saturated rings. The number of hydrogen-bond acceptors (Lipinski definition) is 6. The van der Waals surface area contributed by atoms with Crippen molar-refractivity contribution in [2.75, 3.05) is 0 Å². The van der Waals surface area contributed by atoms with Crippen LogP contribution in [0.5, 0.6) is 0 Å². The molecule has 0 radical (unpaired) electrons. The van der Waals surface area contributed by atoms with Crippen LogP contribution in [0.25, 0.3) is 10.9 Å². The molecule has 1 unspecified atom stereocenters. The van der Waals surface area contributed by atoms with Gasteiger partial charge in [-0.25, -0.2) is 4.79 Å². The largest absolute Gasteiger partial charge is 0.461 e. The zero-order valence-electron chi connectivity index (χ0n) is 18.8. The molecular formula is C23H29ClN4O5. The first-order valence-electron chi connectivity index (χ1n) is 10.6. The summed E-state index contributed by atoms with van der Waals surface area (Å²) < 4.78 is 5.24. The quantitative estimate of drug-likeness (QED) is 0.211. The third kappa shape index (κ3) is 7.42. The van der Waals surface area contributed by atoms with Gasteiger partial charge in [0.2, 0.25) is 11.8 Å². The number of para-hydroxylation sites is 1. The van der Waals surface area contributed by atoms with E-state index in [1.165, 1.54) is 6.92 Å². The second kappa shape index (κ2) is 12.2. The Labute approximate surface area is 197 Å². The molecule has 3 atom stereocenters. The lowest BCUT2D eigenvalue weighted by Gasteiger charge is -2.24. The van der Waals surface area contributed by atoms with E-state index in [1.807, 2.05) is 6.07 Å². The molecule has 0 aliphatic heterocycles. The van der Waals surface area contributed by atoms with Crippen molar-refractivity contribution in [3.8, 4) is 0 Å². The first kappa shape index (κ1) is 26.1. The average molecular weight is 477 g/mol. The van der Waals surface area contributed by atoms with E-state index >= 15 is 0 Å². The Kier molecular flexibility index (Phi) is 9.59. The van der Waals surface area contributed by atoms with E-state index in [-0.39, 0.29) is 19.3 Å². The molecule has 0 saturated heterocycles. The molecule has 2 amide bonds. The van der Waals surface area contributed by atoms with Crippen LogP contribution in [0.2, 0.25) is 5.02 Å². The number of aromatic amines is 1. The highest BCUT2D eigenvalue weighted by Crippen LogP contribution is 2.26. The molecule has 178 valence electrons. The summed E-state index contributed by atoms with van der Waals surface area (Å²) in [5.41, 5.74) is 1.48. The SMILES string of the molecule is CC(=O)N[C@@H](Cc1c[nH]c2c(Cl)cccc12)C(=O)N[C@@H](CC(C=O)CC=N)C(=O)OC(C)C. The summed E-state index contributed by atoms with van der Waals surface area (Å²) in [4.78, 5) is 52.0. The van der Waals surface area contributed by atoms with Gasteiger partial charge in [-0.3, -0.25) is 9.59 Å². The van der Waals surface area contributed by atoms with Gasteiger partial charge in [0.15, 0.2) is 0 Å². The third-order valence-corrected chi connectivity index (χ3v) is 5.29. The molecule has 9 nitrogen and oxygen atoms in total. The molecule has 1 aromatic heterocycles. The normalized spacial score (nSPS) is 13.7. The zero-order chi connectivity index (χ0) is 24.5. The molecule has 0 aliphatic carbocycles. The topological polar surface area (TPSA) is 141 Å². The van der Waals surface area contributed by atoms with Gasteiger partial charge in [-0.15, -0.1) is 0 Å². The van der Waals surface area contributed by atoms with E-state index in [9.17, 15) is 19.2 Å². The van der Waals surface area contributed by atoms with Gasteiger partial charge in [0.1, 0.15) is 18.4 Å². The number of benzene rings is 1. The van der Waals surface area contributed by atoms with E-state index < -0.39 is 41.9 Å². The van der Waals surface area contributed by atoms with Crippen molar-refractivity contribution in [3.63, 3.8) is 0 Å². The average Bonchev–Trinajstić information content (AvgIpc) is 3.15. The Hall–Kier alpha value is -3.20. The number of H-pyrrole nitrogens is 1. The van der Waals surface area contributed by atoms with Gasteiger partial charge in [0, 0.05) is 30.8 Å². The van der Waals surface area contributed by atoms with Crippen molar-refractivity contribution >= 4 is 52.8 Å². The van der Waals surface area contributed by atoms with E-state index in [4.69, 9.17) is 21.7 Å². The number of rotatable bonds is 12. The Morgan fingerprint density at radius 2 is 1.94 bits per heavy atom. The van der Waals surface area contributed by atoms with E-state index in [0.717, 1.165) is 22.7 Å². The second-order valence-electron chi connectivity index (χ2n) is 8.05. The van der Waals surface area contributed by atoms with Crippen LogP contribution >= 0.6 is 11.6 Å². The maximum Gasteiger partial charge on any atom is 0.328 e. The lowest BCUT2D eigenvalue weighted by Crippen LogP contribution is -2.53. The molecule has 10 heteroatoms. The fourth-order valence-electron chi connectivity index (χ4n) is 3.48. The van der Waals surface area contributed by atoms with Crippen LogP contribution in [0.1, 0.15) is 39.2 Å². The lowest BCUT2D eigenvalue weighted by molar-refractivity contribution is -0.152. The van der Waals surface area contributed by atoms with Gasteiger partial charge in [-0.05, 0) is 44.5 Å². The maximum atomic E-state index is 13.1. The number of fused-ring (bicyclic) bond motifs is 1. The molecule has 0 bridgehead atoms. The second-order valence-corrected chi connectivity index (χ2v) is 8.46. The Bertz CT molecular complexity index is 1020. The lowest BCUT2D eigenvalue weighted by atomic mass is 9.97. The van der Waals surface area contributed by atoms with E-state index in [1.54, 1.807) is 32.2 Å². The van der Waals surface area contributed by atoms with Crippen LogP contribution in [0.4, 0.5) is 0 Å². The van der Waals surface area contributed by atoms with E-state index in [2.05, 4.69) is 15.6 Å². The molecule has 2 rings (SSSR count). The Morgan fingerprint density at radius 3 is 2.55 bits per heavy atom. The first-order valence-corrected chi connectivity index (χ1v) is 11.0. The minimum Gasteiger partial charge on any atom is -0.461 e. The summed E-state index contributed by atoms with van der Waals surface area (Å²) in [6, 6.07) is 3.29. The summed E-state index contributed by atoms with van der Waals surface area (Å²) in [5, 5.41) is 13.8. The first-order chi connectivity index (χ1) is 15.7. The van der Waals surface area contributed by atoms with Crippen LogP contribution in [0.3, 0.4) is 0 Å². The number of ether oxygens (including phenoxy) is 1. The molecular weight excluding hydrogens is 448 g/mol. The summed E-state index contributed by atoms with van der Waals surface area (Å²) >= 11 is 6.21. The number of aldehydes is 1. The molecule has 33 heavy (non-hydrogen) atoms. The van der Waals surface area contributed by atoms with Gasteiger partial charge < -0.3 is 30.6 Å². The van der Waals surface area contributed by atoms with Crippen molar-refractivity contribution in [1.29, 1.82) is 5.41 Å². The highest BCUT2D eigenvalue weighted by atomic mass is 35.5. The minimum absolute atomic E-state index is 0.0222. The van der Waals surface area contributed by atoms with Crippen molar-refractivity contribution in [1.82, 2.24) is 15.6 Å². The van der Waals surface area contributed by atoms with Crippen molar-refractivity contribution in [2.45, 2.75) is 58.2 Å². The van der Waals surface area contributed by atoms with Gasteiger partial charge in [-0.1, -0.05) is 23.7 Å². The summed E-state index contributed by atoms with van der Waals surface area (Å²) in [6.45, 7) is 4.64. The number of amides is 2. The molecule has 1 aromatic carbocycles. The van der Waals surface area contributed by atoms with Crippen LogP contribution < -0.4 is 10.6 Å². The highest BCUT2D eigenvalue weighted by Gasteiger charge is 2.30. The van der Waals surface area contributed by atoms with Gasteiger partial charge in [0.05, 0.1) is 16.6 Å². The number of carbonyl (C=O) groups is 4. The Balaban J connectivity index is 2.27. The molecule has 2 aromatic rings. The fourth-order valence-corrected chi connectivity index (χ4v) is 3.71. The Morgan fingerprint density at radius 1 is 1.21 bits per heavy atom. The predicted octanol–water partition coefficient (Wildman–Crippen LogP) is 2.55. The molecule has 4 N–H and O–H groups in total. The van der Waals surface area contributed by atoms with Crippen molar-refractivity contribution < 1.29 is 23.9 Å². The van der Waals surface area contributed by atoms with Crippen LogP contribution in [0.15, 0.2) is 24.4 Å². The molecule has 0 saturated carbocycles. The monoisotopic (exact) mass is 476 g/mol. The molecule has 0 aliphatic rings. The number of nitrogens with one attached hydrogen (secondary N) is 4. The van der Waals surface area contributed by atoms with Gasteiger partial charge in [-0.2, -0.15) is 0 Å². The van der Waals surface area contributed by atoms with E-state index in [0.29, 0.717) is 11.3 Å². The van der Waals surface area contributed by atoms with Crippen LogP contribution in [-0.2, 0) is 30.3 Å². The molecule has 0 spiro atoms. The van der Waals surface area contributed by atoms with Gasteiger partial charge >= 0.3 is 5.97 Å². The summed E-state index contributed by atoms with van der Waals surface area (Å²) in [7, 11) is 0. The van der Waals surface area contributed by atoms with Crippen LogP contribution in [-0.4, -0.2) is 53.5 Å². The summed E-state index contributed by atoms with van der Waals surface area (Å²) in [5.74, 6) is -2.33. The number of esters is 1. The number of carbonyl (C=O) groups excluding carboxylic acids is 4. The number of aromatic nitrogens is 1. The van der Waals surface area contributed by atoms with Crippen molar-refractivity contribution in [3.05, 3.63) is 35.0 Å². The number of hydrogen-bond donors (Lipinski definition) is 4. The standard InChI is InChI=1S/C23H29ClN4O5/c1-13(2)33-23(32)20(9-15(12-29)7-8-25)28-22(31)19(27-14(3)30)10-16-11-26-21-17(16)5-4-6-18(21)24/h4-6,8,11-13,15,19-20,25-26H,7,9-10H2,1-3H3,(H,27,30)(H,28,31)/t15?,19-,20-/m0/s1. The smallest absolute Gasteiger partial charge is 0.328 e. The maximum absolute atomic E-state index is 13.1. The third-order valence-electron chi connectivity index (χ3n) is 4.97. The van der Waals surface area contributed by atoms with Crippen molar-refractivity contribution in [2.24, 2.45) is 5.92 Å². The van der Waals surface area contributed by atoms with Gasteiger partial charge in [0.25, 0.3) is 0 Å².